The predicted octanol–water partition coefficient (Wildman–Crippen LogP) is 3.90. The van der Waals surface area contributed by atoms with Gasteiger partial charge in [-0.15, -0.1) is 0 Å². The normalized spacial score (nSPS) is 17.6. The van der Waals surface area contributed by atoms with Gasteiger partial charge in [0.25, 0.3) is 6.29 Å². The molecule has 0 spiro atoms. The lowest BCUT2D eigenvalue weighted by atomic mass is 9.90. The third kappa shape index (κ3) is 6.82. The summed E-state index contributed by atoms with van der Waals surface area (Å²) < 4.78 is 15.4. The van der Waals surface area contributed by atoms with E-state index in [2.05, 4.69) is 0 Å². The van der Waals surface area contributed by atoms with Crippen LogP contribution in [0.25, 0.3) is 0 Å². The maximum Gasteiger partial charge on any atom is 0.511 e. The highest BCUT2D eigenvalue weighted by atomic mass is 16.8. The molecule has 0 saturated heterocycles. The summed E-state index contributed by atoms with van der Waals surface area (Å²) in [6.07, 6.45) is 4.22. The number of carbonyl (C=O) groups excluding carboxylic acids is 2. The Morgan fingerprint density at radius 1 is 1.00 bits per heavy atom. The van der Waals surface area contributed by atoms with Gasteiger partial charge in [-0.3, -0.25) is 4.79 Å². The molecule has 1 rings (SSSR count). The van der Waals surface area contributed by atoms with Crippen molar-refractivity contribution in [3.8, 4) is 0 Å². The molecule has 0 radical (unpaired) electrons. The summed E-state index contributed by atoms with van der Waals surface area (Å²) in [5.74, 6) is -0.321. The summed E-state index contributed by atoms with van der Waals surface area (Å²) in [5.41, 5.74) is 0. The van der Waals surface area contributed by atoms with Gasteiger partial charge in [0.1, 0.15) is 0 Å². The van der Waals surface area contributed by atoms with Gasteiger partial charge in [0.05, 0.1) is 12.5 Å². The Hall–Kier alpha value is -1.26. The molecule has 0 N–H and O–H groups in total. The summed E-state index contributed by atoms with van der Waals surface area (Å²) in [6.45, 7) is 7.52. The summed E-state index contributed by atoms with van der Waals surface area (Å²) in [5, 5.41) is 0. The van der Waals surface area contributed by atoms with Gasteiger partial charge in [0, 0.05) is 5.92 Å². The highest BCUT2D eigenvalue weighted by molar-refractivity contribution is 5.71. The molecule has 5 heteroatoms. The first-order chi connectivity index (χ1) is 9.90. The van der Waals surface area contributed by atoms with E-state index in [4.69, 9.17) is 14.2 Å². The van der Waals surface area contributed by atoms with Crippen LogP contribution in [0, 0.1) is 17.8 Å². The van der Waals surface area contributed by atoms with Crippen LogP contribution in [0.1, 0.15) is 59.8 Å². The molecule has 1 aliphatic carbocycles. The molecule has 0 aliphatic heterocycles. The minimum Gasteiger partial charge on any atom is -0.434 e. The molecule has 1 fully saturated rings. The molecule has 0 amide bonds. The Kier molecular flexibility index (Phi) is 7.54. The van der Waals surface area contributed by atoms with E-state index >= 15 is 0 Å². The van der Waals surface area contributed by atoms with Gasteiger partial charge in [-0.1, -0.05) is 47.0 Å². The highest BCUT2D eigenvalue weighted by Gasteiger charge is 2.25. The Labute approximate surface area is 127 Å². The molecule has 21 heavy (non-hydrogen) atoms. The Bertz CT molecular complexity index is 332. The monoisotopic (exact) mass is 300 g/mol. The lowest BCUT2D eigenvalue weighted by molar-refractivity contribution is -0.183. The molecule has 0 aromatic heterocycles. The van der Waals surface area contributed by atoms with Crippen LogP contribution in [0.2, 0.25) is 0 Å². The van der Waals surface area contributed by atoms with Crippen molar-refractivity contribution < 1.29 is 23.8 Å². The molecular formula is C16H28O5. The van der Waals surface area contributed by atoms with E-state index in [0.29, 0.717) is 12.5 Å². The zero-order valence-corrected chi connectivity index (χ0v) is 13.6. The second kappa shape index (κ2) is 8.90. The SMILES string of the molecule is CC(C)C(=O)OC(OC(=O)OCC1CCCCC1)C(C)C. The van der Waals surface area contributed by atoms with Gasteiger partial charge < -0.3 is 14.2 Å². The first-order valence-electron chi connectivity index (χ1n) is 7.94. The van der Waals surface area contributed by atoms with Crippen LogP contribution < -0.4 is 0 Å². The van der Waals surface area contributed by atoms with Gasteiger partial charge >= 0.3 is 12.1 Å². The van der Waals surface area contributed by atoms with Gasteiger partial charge in [-0.25, -0.2) is 4.79 Å². The molecule has 0 aromatic rings. The number of ether oxygens (including phenoxy) is 3. The maximum atomic E-state index is 11.7. The molecule has 1 aliphatic rings. The standard InChI is InChI=1S/C16H28O5/c1-11(2)14(17)20-15(12(3)4)21-16(18)19-10-13-8-6-5-7-9-13/h11-13,15H,5-10H2,1-4H3. The number of rotatable bonds is 6. The largest absolute Gasteiger partial charge is 0.511 e. The number of hydrogen-bond donors (Lipinski definition) is 0. The van der Waals surface area contributed by atoms with E-state index in [1.54, 1.807) is 13.8 Å². The van der Waals surface area contributed by atoms with Crippen molar-refractivity contribution >= 4 is 12.1 Å². The lowest BCUT2D eigenvalue weighted by Gasteiger charge is -2.24. The van der Waals surface area contributed by atoms with Gasteiger partial charge in [-0.2, -0.15) is 0 Å². The Morgan fingerprint density at radius 3 is 2.14 bits per heavy atom. The molecule has 122 valence electrons. The van der Waals surface area contributed by atoms with Crippen molar-refractivity contribution in [2.75, 3.05) is 6.61 Å². The summed E-state index contributed by atoms with van der Waals surface area (Å²) in [4.78, 5) is 23.3. The Balaban J connectivity index is 2.35. The van der Waals surface area contributed by atoms with E-state index in [-0.39, 0.29) is 17.8 Å². The van der Waals surface area contributed by atoms with E-state index in [1.165, 1.54) is 19.3 Å². The van der Waals surface area contributed by atoms with Crippen LogP contribution in [-0.4, -0.2) is 25.0 Å². The summed E-state index contributed by atoms with van der Waals surface area (Å²) >= 11 is 0. The van der Waals surface area contributed by atoms with Gasteiger partial charge in [0.15, 0.2) is 0 Å². The van der Waals surface area contributed by atoms with Gasteiger partial charge in [0.2, 0.25) is 0 Å². The van der Waals surface area contributed by atoms with Crippen LogP contribution in [0.3, 0.4) is 0 Å². The second-order valence-corrected chi connectivity index (χ2v) is 6.39. The average Bonchev–Trinajstić information content (AvgIpc) is 2.45. The molecule has 5 nitrogen and oxygen atoms in total. The fourth-order valence-electron chi connectivity index (χ4n) is 2.22. The smallest absolute Gasteiger partial charge is 0.434 e. The Morgan fingerprint density at radius 2 is 1.62 bits per heavy atom. The third-order valence-electron chi connectivity index (χ3n) is 3.62. The lowest BCUT2D eigenvalue weighted by Crippen LogP contribution is -2.31. The quantitative estimate of drug-likeness (QED) is 0.550. The van der Waals surface area contributed by atoms with Crippen molar-refractivity contribution in [1.29, 1.82) is 0 Å². The first-order valence-corrected chi connectivity index (χ1v) is 7.94. The third-order valence-corrected chi connectivity index (χ3v) is 3.62. The molecule has 1 saturated carbocycles. The van der Waals surface area contributed by atoms with Crippen LogP contribution in [-0.2, 0) is 19.0 Å². The second-order valence-electron chi connectivity index (χ2n) is 6.39. The molecule has 0 heterocycles. The minimum absolute atomic E-state index is 0.116. The van der Waals surface area contributed by atoms with Crippen molar-refractivity contribution in [3.05, 3.63) is 0 Å². The summed E-state index contributed by atoms with van der Waals surface area (Å²) in [7, 11) is 0. The van der Waals surface area contributed by atoms with Crippen LogP contribution in [0.15, 0.2) is 0 Å². The average molecular weight is 300 g/mol. The van der Waals surface area contributed by atoms with E-state index in [0.717, 1.165) is 12.8 Å². The van der Waals surface area contributed by atoms with Crippen LogP contribution >= 0.6 is 0 Å². The van der Waals surface area contributed by atoms with E-state index in [1.807, 2.05) is 13.8 Å². The zero-order chi connectivity index (χ0) is 15.8. The van der Waals surface area contributed by atoms with Crippen molar-refractivity contribution in [2.45, 2.75) is 66.1 Å². The van der Waals surface area contributed by atoms with Crippen molar-refractivity contribution in [3.63, 3.8) is 0 Å². The van der Waals surface area contributed by atoms with E-state index < -0.39 is 12.4 Å². The van der Waals surface area contributed by atoms with E-state index in [9.17, 15) is 9.59 Å². The topological polar surface area (TPSA) is 61.8 Å². The first kappa shape index (κ1) is 17.8. The number of esters is 1. The fourth-order valence-corrected chi connectivity index (χ4v) is 2.22. The van der Waals surface area contributed by atoms with Crippen LogP contribution in [0.4, 0.5) is 4.79 Å². The van der Waals surface area contributed by atoms with Gasteiger partial charge in [-0.05, 0) is 18.8 Å². The fraction of sp³-hybridized carbons (Fsp3) is 0.875. The molecule has 0 bridgehead atoms. The highest BCUT2D eigenvalue weighted by Crippen LogP contribution is 2.24. The maximum absolute atomic E-state index is 11.7. The molecule has 1 atom stereocenters. The zero-order valence-electron chi connectivity index (χ0n) is 13.6. The van der Waals surface area contributed by atoms with Crippen molar-refractivity contribution in [1.82, 2.24) is 0 Å². The molecule has 0 aromatic carbocycles. The van der Waals surface area contributed by atoms with Crippen LogP contribution in [0.5, 0.6) is 0 Å². The molecular weight excluding hydrogens is 272 g/mol. The number of hydrogen-bond acceptors (Lipinski definition) is 5. The summed E-state index contributed by atoms with van der Waals surface area (Å²) in [6, 6.07) is 0. The predicted molar refractivity (Wildman–Crippen MR) is 78.6 cm³/mol. The minimum atomic E-state index is -0.890. The molecule has 1 unspecified atom stereocenters. The number of carbonyl (C=O) groups is 2. The van der Waals surface area contributed by atoms with Crippen molar-refractivity contribution in [2.24, 2.45) is 17.8 Å².